The molecule has 1 aliphatic rings. The van der Waals surface area contributed by atoms with Crippen molar-refractivity contribution in [3.63, 3.8) is 0 Å². The fraction of sp³-hybridized carbons (Fsp3) is 0.273. The van der Waals surface area contributed by atoms with E-state index in [0.717, 1.165) is 16.7 Å². The summed E-state index contributed by atoms with van der Waals surface area (Å²) in [4.78, 5) is 8.76. The molecule has 0 atom stereocenters. The molecule has 0 aliphatic heterocycles. The molecular formula is C11H9ClN2. The van der Waals surface area contributed by atoms with Crippen LogP contribution in [-0.2, 0) is 0 Å². The van der Waals surface area contributed by atoms with Crippen LogP contribution in [-0.4, -0.2) is 9.97 Å². The van der Waals surface area contributed by atoms with E-state index in [-0.39, 0.29) is 0 Å². The number of aromatic nitrogens is 2. The van der Waals surface area contributed by atoms with E-state index in [2.05, 4.69) is 16.0 Å². The fourth-order valence-electron chi connectivity index (χ4n) is 1.62. The van der Waals surface area contributed by atoms with E-state index in [1.807, 2.05) is 6.07 Å². The largest absolute Gasteiger partial charge is 0.255 e. The predicted octanol–water partition coefficient (Wildman–Crippen LogP) is 3.16. The van der Waals surface area contributed by atoms with Crippen molar-refractivity contribution in [2.45, 2.75) is 18.8 Å². The molecule has 1 aliphatic carbocycles. The second-order valence-corrected chi connectivity index (χ2v) is 4.08. The Hall–Kier alpha value is -1.15. The van der Waals surface area contributed by atoms with Crippen LogP contribution in [0.3, 0.4) is 0 Å². The van der Waals surface area contributed by atoms with Crippen molar-refractivity contribution in [3.05, 3.63) is 35.1 Å². The molecule has 0 radical (unpaired) electrons. The molecule has 2 aromatic rings. The Kier molecular flexibility index (Phi) is 1.71. The van der Waals surface area contributed by atoms with Gasteiger partial charge in [0.15, 0.2) is 0 Å². The van der Waals surface area contributed by atoms with Crippen LogP contribution in [0.5, 0.6) is 0 Å². The summed E-state index contributed by atoms with van der Waals surface area (Å²) in [5, 5.41) is 0.692. The second kappa shape index (κ2) is 2.92. The first-order valence-corrected chi connectivity index (χ1v) is 5.13. The summed E-state index contributed by atoms with van der Waals surface area (Å²) in [5.74, 6) is 0.663. The van der Waals surface area contributed by atoms with Crippen molar-refractivity contribution in [1.29, 1.82) is 0 Å². The van der Waals surface area contributed by atoms with Gasteiger partial charge in [-0.05, 0) is 31.0 Å². The number of halogens is 1. The Bertz CT molecular complexity index is 492. The zero-order chi connectivity index (χ0) is 9.54. The van der Waals surface area contributed by atoms with Gasteiger partial charge in [-0.1, -0.05) is 11.6 Å². The highest BCUT2D eigenvalue weighted by molar-refractivity contribution is 6.34. The van der Waals surface area contributed by atoms with Gasteiger partial charge in [0.2, 0.25) is 0 Å². The van der Waals surface area contributed by atoms with Gasteiger partial charge in [-0.25, -0.2) is 4.98 Å². The third kappa shape index (κ3) is 1.26. The van der Waals surface area contributed by atoms with Gasteiger partial charge in [-0.2, -0.15) is 0 Å². The smallest absolute Gasteiger partial charge is 0.108 e. The van der Waals surface area contributed by atoms with E-state index >= 15 is 0 Å². The highest BCUT2D eigenvalue weighted by atomic mass is 35.5. The molecule has 3 rings (SSSR count). The first-order valence-electron chi connectivity index (χ1n) is 4.76. The Morgan fingerprint density at radius 3 is 2.86 bits per heavy atom. The van der Waals surface area contributed by atoms with Crippen LogP contribution in [0.25, 0.3) is 11.0 Å². The molecule has 0 amide bonds. The van der Waals surface area contributed by atoms with Gasteiger partial charge in [0.1, 0.15) is 5.52 Å². The van der Waals surface area contributed by atoms with E-state index in [1.165, 1.54) is 12.8 Å². The molecule has 14 heavy (non-hydrogen) atoms. The summed E-state index contributed by atoms with van der Waals surface area (Å²) in [6, 6.07) is 5.85. The van der Waals surface area contributed by atoms with Crippen molar-refractivity contribution >= 4 is 22.6 Å². The first-order chi connectivity index (χ1) is 6.84. The van der Waals surface area contributed by atoms with Crippen molar-refractivity contribution in [1.82, 2.24) is 9.97 Å². The van der Waals surface area contributed by atoms with E-state index < -0.39 is 0 Å². The molecule has 0 unspecified atom stereocenters. The molecular weight excluding hydrogens is 196 g/mol. The van der Waals surface area contributed by atoms with E-state index in [4.69, 9.17) is 11.6 Å². The average Bonchev–Trinajstić information content (AvgIpc) is 3.01. The van der Waals surface area contributed by atoms with Crippen LogP contribution in [0.2, 0.25) is 5.02 Å². The average molecular weight is 205 g/mol. The Balaban J connectivity index is 2.25. The predicted molar refractivity (Wildman–Crippen MR) is 56.5 cm³/mol. The van der Waals surface area contributed by atoms with Gasteiger partial charge >= 0.3 is 0 Å². The van der Waals surface area contributed by atoms with Crippen LogP contribution in [0.1, 0.15) is 24.5 Å². The topological polar surface area (TPSA) is 25.8 Å². The van der Waals surface area contributed by atoms with Gasteiger partial charge in [-0.15, -0.1) is 0 Å². The summed E-state index contributed by atoms with van der Waals surface area (Å²) < 4.78 is 0. The lowest BCUT2D eigenvalue weighted by Crippen LogP contribution is -1.89. The zero-order valence-electron chi connectivity index (χ0n) is 7.57. The summed E-state index contributed by atoms with van der Waals surface area (Å²) in [6.45, 7) is 0. The van der Waals surface area contributed by atoms with Crippen LogP contribution in [0.4, 0.5) is 0 Å². The van der Waals surface area contributed by atoms with Crippen molar-refractivity contribution in [2.75, 3.05) is 0 Å². The molecule has 0 saturated heterocycles. The monoisotopic (exact) mass is 204 g/mol. The minimum atomic E-state index is 0.663. The van der Waals surface area contributed by atoms with Crippen LogP contribution < -0.4 is 0 Å². The second-order valence-electron chi connectivity index (χ2n) is 3.67. The van der Waals surface area contributed by atoms with Crippen molar-refractivity contribution < 1.29 is 0 Å². The molecule has 0 bridgehead atoms. The van der Waals surface area contributed by atoms with Gasteiger partial charge in [0.25, 0.3) is 0 Å². The normalized spacial score (nSPS) is 16.1. The number of hydrogen-bond donors (Lipinski definition) is 0. The Morgan fingerprint density at radius 1 is 1.21 bits per heavy atom. The quantitative estimate of drug-likeness (QED) is 0.713. The lowest BCUT2D eigenvalue weighted by molar-refractivity contribution is 1.04. The summed E-state index contributed by atoms with van der Waals surface area (Å²) in [6.07, 6.45) is 4.23. The fourth-order valence-corrected chi connectivity index (χ4v) is 1.81. The van der Waals surface area contributed by atoms with Gasteiger partial charge in [0.05, 0.1) is 10.5 Å². The van der Waals surface area contributed by atoms with Crippen molar-refractivity contribution in [3.8, 4) is 0 Å². The molecule has 3 heteroatoms. The standard InChI is InChI=1S/C11H9ClN2/c12-8-5-6-13-10-4-3-9(7-1-2-7)14-11(8)10/h3-7H,1-2H2. The SMILES string of the molecule is Clc1ccnc2ccc(C3CC3)nc12. The van der Waals surface area contributed by atoms with Crippen molar-refractivity contribution in [2.24, 2.45) is 0 Å². The van der Waals surface area contributed by atoms with Gasteiger partial charge in [0, 0.05) is 17.8 Å². The number of nitrogens with zero attached hydrogens (tertiary/aromatic N) is 2. The number of hydrogen-bond acceptors (Lipinski definition) is 2. The van der Waals surface area contributed by atoms with Crippen LogP contribution in [0, 0.1) is 0 Å². The maximum atomic E-state index is 6.05. The minimum absolute atomic E-state index is 0.663. The lowest BCUT2D eigenvalue weighted by Gasteiger charge is -2.01. The minimum Gasteiger partial charge on any atom is -0.255 e. The zero-order valence-corrected chi connectivity index (χ0v) is 8.33. The summed E-state index contributed by atoms with van der Waals surface area (Å²) >= 11 is 6.05. The van der Waals surface area contributed by atoms with E-state index in [0.29, 0.717) is 10.9 Å². The van der Waals surface area contributed by atoms with Gasteiger partial charge < -0.3 is 0 Å². The molecule has 1 saturated carbocycles. The first kappa shape index (κ1) is 8.18. The van der Waals surface area contributed by atoms with Gasteiger partial charge in [-0.3, -0.25) is 4.98 Å². The maximum absolute atomic E-state index is 6.05. The molecule has 2 heterocycles. The lowest BCUT2D eigenvalue weighted by atomic mass is 10.2. The molecule has 0 N–H and O–H groups in total. The molecule has 0 spiro atoms. The Morgan fingerprint density at radius 2 is 2.07 bits per heavy atom. The molecule has 0 aromatic carbocycles. The summed E-state index contributed by atoms with van der Waals surface area (Å²) in [7, 11) is 0. The third-order valence-electron chi connectivity index (χ3n) is 2.55. The van der Waals surface area contributed by atoms with E-state index in [1.54, 1.807) is 12.3 Å². The Labute approximate surface area is 86.9 Å². The molecule has 2 nitrogen and oxygen atoms in total. The highest BCUT2D eigenvalue weighted by Gasteiger charge is 2.25. The molecule has 70 valence electrons. The van der Waals surface area contributed by atoms with Crippen LogP contribution >= 0.6 is 11.6 Å². The van der Waals surface area contributed by atoms with Crippen LogP contribution in [0.15, 0.2) is 24.4 Å². The van der Waals surface area contributed by atoms with E-state index in [9.17, 15) is 0 Å². The third-order valence-corrected chi connectivity index (χ3v) is 2.86. The number of pyridine rings is 2. The number of rotatable bonds is 1. The molecule has 2 aromatic heterocycles. The molecule has 1 fully saturated rings. The highest BCUT2D eigenvalue weighted by Crippen LogP contribution is 2.39. The maximum Gasteiger partial charge on any atom is 0.108 e. The number of fused-ring (bicyclic) bond motifs is 1. The summed E-state index contributed by atoms with van der Waals surface area (Å²) in [5.41, 5.74) is 2.87.